The number of alkyl halides is 1. The molecule has 0 N–H and O–H groups in total. The molecule has 0 aliphatic rings. The van der Waals surface area contributed by atoms with E-state index in [0.29, 0.717) is 18.8 Å². The molecule has 1 rings (SSSR count). The molecule has 0 heterocycles. The normalized spacial score (nSPS) is 11.9. The van der Waals surface area contributed by atoms with Gasteiger partial charge >= 0.3 is 0 Å². The number of nitriles is 1. The molecule has 0 saturated heterocycles. The Morgan fingerprint density at radius 2 is 2.20 bits per heavy atom. The van der Waals surface area contributed by atoms with Gasteiger partial charge in [0, 0.05) is 13.1 Å². The van der Waals surface area contributed by atoms with Crippen molar-refractivity contribution in [2.45, 2.75) is 12.3 Å². The fraction of sp³-hybridized carbons (Fsp3) is 0.364. The average molecular weight is 227 g/mol. The number of benzene rings is 1. The van der Waals surface area contributed by atoms with Crippen LogP contribution in [0.1, 0.15) is 6.92 Å². The summed E-state index contributed by atoms with van der Waals surface area (Å²) in [4.78, 5) is 1.75. The zero-order valence-electron chi connectivity index (χ0n) is 8.45. The second-order valence-corrected chi connectivity index (χ2v) is 3.61. The van der Waals surface area contributed by atoms with Crippen LogP contribution in [0.15, 0.2) is 24.3 Å². The highest BCUT2D eigenvalue weighted by molar-refractivity contribution is 6.22. The van der Waals surface area contributed by atoms with Gasteiger partial charge < -0.3 is 4.90 Å². The zero-order chi connectivity index (χ0) is 11.3. The lowest BCUT2D eigenvalue weighted by Crippen LogP contribution is -2.29. The summed E-state index contributed by atoms with van der Waals surface area (Å²) in [5.41, 5.74) is 0.487. The Hall–Kier alpha value is -1.27. The number of rotatable bonds is 4. The molecule has 1 atom stereocenters. The maximum atomic E-state index is 13.4. The Kier molecular flexibility index (Phi) is 4.38. The van der Waals surface area contributed by atoms with Crippen LogP contribution in [0.25, 0.3) is 0 Å². The molecule has 0 aliphatic carbocycles. The summed E-state index contributed by atoms with van der Waals surface area (Å²) in [6.45, 7) is 2.84. The zero-order valence-corrected chi connectivity index (χ0v) is 9.21. The van der Waals surface area contributed by atoms with E-state index in [2.05, 4.69) is 0 Å². The molecule has 0 bridgehead atoms. The van der Waals surface area contributed by atoms with Gasteiger partial charge in [-0.1, -0.05) is 12.1 Å². The molecule has 0 radical (unpaired) electrons. The third-order valence-corrected chi connectivity index (χ3v) is 2.33. The second-order valence-electron chi connectivity index (χ2n) is 3.09. The minimum Gasteiger partial charge on any atom is -0.367 e. The highest BCUT2D eigenvalue weighted by Crippen LogP contribution is 2.19. The molecule has 1 unspecified atom stereocenters. The van der Waals surface area contributed by atoms with E-state index in [1.807, 2.05) is 13.0 Å². The summed E-state index contributed by atoms with van der Waals surface area (Å²) in [6.07, 6.45) is 0. The number of para-hydroxylation sites is 1. The van der Waals surface area contributed by atoms with Gasteiger partial charge in [0.25, 0.3) is 0 Å². The largest absolute Gasteiger partial charge is 0.367 e. The Morgan fingerprint density at radius 3 is 2.73 bits per heavy atom. The van der Waals surface area contributed by atoms with Gasteiger partial charge in [-0.15, -0.1) is 11.6 Å². The van der Waals surface area contributed by atoms with Crippen molar-refractivity contribution in [1.29, 1.82) is 5.26 Å². The maximum Gasteiger partial charge on any atom is 0.146 e. The predicted octanol–water partition coefficient (Wildman–Crippen LogP) is 2.78. The first-order chi connectivity index (χ1) is 7.19. The summed E-state index contributed by atoms with van der Waals surface area (Å²) < 4.78 is 13.4. The maximum absolute atomic E-state index is 13.4. The summed E-state index contributed by atoms with van der Waals surface area (Å²) in [7, 11) is 0. The minimum absolute atomic E-state index is 0.291. The van der Waals surface area contributed by atoms with E-state index >= 15 is 0 Å². The van der Waals surface area contributed by atoms with Crippen LogP contribution >= 0.6 is 11.6 Å². The van der Waals surface area contributed by atoms with Crippen molar-refractivity contribution < 1.29 is 4.39 Å². The molecule has 1 aromatic rings. The molecule has 2 nitrogen and oxygen atoms in total. The molecule has 0 aromatic heterocycles. The standard InChI is InChI=1S/C11H12ClFN2/c1-2-15(8-9(12)7-14)11-6-4-3-5-10(11)13/h3-6,9H,2,8H2,1H3. The molecule has 1 aromatic carbocycles. The summed E-state index contributed by atoms with van der Waals surface area (Å²) in [6, 6.07) is 8.39. The third kappa shape index (κ3) is 3.10. The predicted molar refractivity (Wildman–Crippen MR) is 59.5 cm³/mol. The molecule has 0 saturated carbocycles. The van der Waals surface area contributed by atoms with Gasteiger partial charge in [0.2, 0.25) is 0 Å². The first kappa shape index (κ1) is 11.8. The molecule has 80 valence electrons. The van der Waals surface area contributed by atoms with Crippen LogP contribution < -0.4 is 4.90 Å². The van der Waals surface area contributed by atoms with Crippen molar-refractivity contribution in [3.05, 3.63) is 30.1 Å². The summed E-state index contributed by atoms with van der Waals surface area (Å²) >= 11 is 5.72. The summed E-state index contributed by atoms with van der Waals surface area (Å²) in [5.74, 6) is -0.291. The first-order valence-electron chi connectivity index (χ1n) is 4.72. The quantitative estimate of drug-likeness (QED) is 0.739. The van der Waals surface area contributed by atoms with Gasteiger partial charge in [0.05, 0.1) is 11.8 Å². The van der Waals surface area contributed by atoms with E-state index in [-0.39, 0.29) is 5.82 Å². The van der Waals surface area contributed by atoms with Gasteiger partial charge in [-0.05, 0) is 19.1 Å². The number of hydrogen-bond acceptors (Lipinski definition) is 2. The minimum atomic E-state index is -0.621. The molecule has 0 amide bonds. The SMILES string of the molecule is CCN(CC(Cl)C#N)c1ccccc1F. The number of halogens is 2. The van der Waals surface area contributed by atoms with Gasteiger partial charge in [-0.2, -0.15) is 5.26 Å². The van der Waals surface area contributed by atoms with Gasteiger partial charge in [0.1, 0.15) is 11.2 Å². The van der Waals surface area contributed by atoms with E-state index in [1.165, 1.54) is 6.07 Å². The smallest absolute Gasteiger partial charge is 0.146 e. The van der Waals surface area contributed by atoms with Crippen LogP contribution in [-0.4, -0.2) is 18.5 Å². The second kappa shape index (κ2) is 5.57. The fourth-order valence-corrected chi connectivity index (χ4v) is 1.51. The lowest BCUT2D eigenvalue weighted by Gasteiger charge is -2.23. The molecule has 15 heavy (non-hydrogen) atoms. The van der Waals surface area contributed by atoms with Crippen LogP contribution in [0.3, 0.4) is 0 Å². The molecule has 0 aliphatic heterocycles. The molecule has 0 spiro atoms. The Labute approximate surface area is 93.9 Å². The number of nitrogens with zero attached hydrogens (tertiary/aromatic N) is 2. The lowest BCUT2D eigenvalue weighted by atomic mass is 10.2. The van der Waals surface area contributed by atoms with E-state index < -0.39 is 5.38 Å². The van der Waals surface area contributed by atoms with Crippen LogP contribution in [0.5, 0.6) is 0 Å². The number of hydrogen-bond donors (Lipinski definition) is 0. The van der Waals surface area contributed by atoms with Crippen molar-refractivity contribution in [3.8, 4) is 6.07 Å². The Balaban J connectivity index is 2.84. The van der Waals surface area contributed by atoms with Crippen molar-refractivity contribution >= 4 is 17.3 Å². The lowest BCUT2D eigenvalue weighted by molar-refractivity contribution is 0.619. The van der Waals surface area contributed by atoms with E-state index in [0.717, 1.165) is 0 Å². The molecule has 0 fully saturated rings. The first-order valence-corrected chi connectivity index (χ1v) is 5.15. The fourth-order valence-electron chi connectivity index (χ4n) is 1.34. The van der Waals surface area contributed by atoms with Crippen LogP contribution in [0.4, 0.5) is 10.1 Å². The van der Waals surface area contributed by atoms with E-state index in [9.17, 15) is 4.39 Å². The highest BCUT2D eigenvalue weighted by Gasteiger charge is 2.13. The Bertz CT molecular complexity index is 362. The molecular weight excluding hydrogens is 215 g/mol. The molecular formula is C11H12ClFN2. The van der Waals surface area contributed by atoms with Gasteiger partial charge in [0.15, 0.2) is 0 Å². The van der Waals surface area contributed by atoms with Crippen molar-refractivity contribution in [2.24, 2.45) is 0 Å². The van der Waals surface area contributed by atoms with Crippen molar-refractivity contribution in [2.75, 3.05) is 18.0 Å². The van der Waals surface area contributed by atoms with Crippen LogP contribution in [0.2, 0.25) is 0 Å². The van der Waals surface area contributed by atoms with Gasteiger partial charge in [-0.25, -0.2) is 4.39 Å². The summed E-state index contributed by atoms with van der Waals surface area (Å²) in [5, 5.41) is 7.97. The number of anilines is 1. The third-order valence-electron chi connectivity index (χ3n) is 2.10. The van der Waals surface area contributed by atoms with E-state index in [4.69, 9.17) is 16.9 Å². The van der Waals surface area contributed by atoms with Crippen molar-refractivity contribution in [1.82, 2.24) is 0 Å². The Morgan fingerprint density at radius 1 is 1.53 bits per heavy atom. The monoisotopic (exact) mass is 226 g/mol. The van der Waals surface area contributed by atoms with Crippen molar-refractivity contribution in [3.63, 3.8) is 0 Å². The average Bonchev–Trinajstić information content (AvgIpc) is 2.26. The topological polar surface area (TPSA) is 27.0 Å². The van der Waals surface area contributed by atoms with E-state index in [1.54, 1.807) is 23.1 Å². The molecule has 4 heteroatoms. The van der Waals surface area contributed by atoms with Crippen LogP contribution in [0, 0.1) is 17.1 Å². The highest BCUT2D eigenvalue weighted by atomic mass is 35.5. The van der Waals surface area contributed by atoms with Gasteiger partial charge in [-0.3, -0.25) is 0 Å². The van der Waals surface area contributed by atoms with Crippen LogP contribution in [-0.2, 0) is 0 Å².